The number of fused-ring (bicyclic) bond motifs is 4. The zero-order valence-electron chi connectivity index (χ0n) is 19.3. The van der Waals surface area contributed by atoms with Crippen LogP contribution in [0.4, 0.5) is 0 Å². The Balaban J connectivity index is 2.07. The molecule has 1 aliphatic heterocycles. The van der Waals surface area contributed by atoms with Crippen molar-refractivity contribution in [2.45, 2.75) is 45.8 Å². The number of aromatic hydroxyl groups is 2. The fourth-order valence-corrected chi connectivity index (χ4v) is 3.95. The molecular weight excluding hydrogens is 424 g/mol. The van der Waals surface area contributed by atoms with Crippen molar-refractivity contribution in [3.63, 3.8) is 0 Å². The monoisotopic (exact) mass is 452 g/mol. The average molecular weight is 453 g/mol. The second kappa shape index (κ2) is 8.15. The first-order valence-electron chi connectivity index (χ1n) is 10.8. The van der Waals surface area contributed by atoms with E-state index in [1.165, 1.54) is 19.2 Å². The van der Waals surface area contributed by atoms with Crippen LogP contribution in [0.5, 0.6) is 23.0 Å². The molecule has 1 aromatic heterocycles. The minimum absolute atomic E-state index is 0.0178. The molecule has 0 unspecified atom stereocenters. The zero-order valence-corrected chi connectivity index (χ0v) is 19.3. The van der Waals surface area contributed by atoms with Gasteiger partial charge in [-0.15, -0.1) is 0 Å². The van der Waals surface area contributed by atoms with Crippen LogP contribution in [0.25, 0.3) is 28.4 Å². The number of phenols is 2. The van der Waals surface area contributed by atoms with E-state index in [2.05, 4.69) is 0 Å². The molecule has 0 fully saturated rings. The van der Waals surface area contributed by atoms with Crippen molar-refractivity contribution in [1.29, 1.82) is 0 Å². The number of rotatable bonds is 4. The predicted octanol–water partition coefficient (Wildman–Crippen LogP) is 4.62. The summed E-state index contributed by atoms with van der Waals surface area (Å²) in [7, 11) is 1.48. The van der Waals surface area contributed by atoms with Gasteiger partial charge in [0.05, 0.1) is 23.8 Å². The Labute approximate surface area is 191 Å². The van der Waals surface area contributed by atoms with Gasteiger partial charge < -0.3 is 29.2 Å². The van der Waals surface area contributed by atoms with E-state index >= 15 is 0 Å². The van der Waals surface area contributed by atoms with Crippen LogP contribution >= 0.6 is 0 Å². The van der Waals surface area contributed by atoms with Gasteiger partial charge in [-0.3, -0.25) is 4.79 Å². The Morgan fingerprint density at radius 3 is 2.58 bits per heavy atom. The molecule has 7 nitrogen and oxygen atoms in total. The van der Waals surface area contributed by atoms with E-state index in [4.69, 9.17) is 13.9 Å². The molecule has 1 atom stereocenters. The molecule has 3 aromatic rings. The molecule has 174 valence electrons. The molecule has 0 saturated heterocycles. The molecule has 3 N–H and O–H groups in total. The first-order valence-corrected chi connectivity index (χ1v) is 10.8. The van der Waals surface area contributed by atoms with Crippen LogP contribution in [0.1, 0.15) is 38.8 Å². The van der Waals surface area contributed by atoms with E-state index in [0.717, 1.165) is 0 Å². The van der Waals surface area contributed by atoms with Crippen molar-refractivity contribution in [3.05, 3.63) is 51.7 Å². The van der Waals surface area contributed by atoms with Gasteiger partial charge in [-0.2, -0.15) is 0 Å². The highest BCUT2D eigenvalue weighted by molar-refractivity contribution is 5.92. The maximum atomic E-state index is 13.7. The van der Waals surface area contributed by atoms with Gasteiger partial charge >= 0.3 is 0 Å². The number of methoxy groups -OCH3 is 1. The summed E-state index contributed by atoms with van der Waals surface area (Å²) in [5.74, 6) is 0.901. The van der Waals surface area contributed by atoms with Gasteiger partial charge in [0.15, 0.2) is 5.43 Å². The van der Waals surface area contributed by atoms with Crippen LogP contribution in [0.15, 0.2) is 39.6 Å². The third kappa shape index (κ3) is 4.04. The second-order valence-corrected chi connectivity index (χ2v) is 9.20. The minimum atomic E-state index is -1.29. The van der Waals surface area contributed by atoms with Gasteiger partial charge in [-0.25, -0.2) is 0 Å². The number of benzene rings is 2. The zero-order chi connectivity index (χ0) is 24.1. The predicted molar refractivity (Wildman–Crippen MR) is 126 cm³/mol. The molecular formula is C26H28O7. The maximum Gasteiger partial charge on any atom is 0.200 e. The fourth-order valence-electron chi connectivity index (χ4n) is 3.95. The summed E-state index contributed by atoms with van der Waals surface area (Å²) >= 11 is 0. The highest BCUT2D eigenvalue weighted by atomic mass is 16.5. The standard InChI is InChI=1S/C26H28O7/c1-13(2)6-8-15-18(31-5)12-20-22(23(15)28)24(29)17-11-21(26(3,4)30)32-19-10-14(27)7-9-16(19)25(17)33-20/h6-10,12-13,21,27-28,30H,11H2,1-5H3/t21-/m0/s1. The highest BCUT2D eigenvalue weighted by Crippen LogP contribution is 2.43. The van der Waals surface area contributed by atoms with Crippen molar-refractivity contribution in [3.8, 4) is 34.3 Å². The Morgan fingerprint density at radius 2 is 1.94 bits per heavy atom. The van der Waals surface area contributed by atoms with Gasteiger partial charge in [0, 0.05) is 24.1 Å². The van der Waals surface area contributed by atoms with Gasteiger partial charge in [-0.05, 0) is 31.9 Å². The molecule has 33 heavy (non-hydrogen) atoms. The molecule has 2 aromatic carbocycles. The summed E-state index contributed by atoms with van der Waals surface area (Å²) in [6.45, 7) is 7.18. The maximum absolute atomic E-state index is 13.7. The van der Waals surface area contributed by atoms with E-state index in [1.54, 1.807) is 32.1 Å². The van der Waals surface area contributed by atoms with Gasteiger partial charge in [0.2, 0.25) is 0 Å². The van der Waals surface area contributed by atoms with Crippen molar-refractivity contribution >= 4 is 17.0 Å². The Morgan fingerprint density at radius 1 is 1.21 bits per heavy atom. The SMILES string of the molecule is COc1cc2oc3c(c(=O)c2c(O)c1C=CC(C)C)C[C@@H](C(C)(C)O)Oc1cc(O)ccc1-3. The van der Waals surface area contributed by atoms with E-state index in [1.807, 2.05) is 19.9 Å². The van der Waals surface area contributed by atoms with Gasteiger partial charge in [-0.1, -0.05) is 26.0 Å². The van der Waals surface area contributed by atoms with Crippen LogP contribution < -0.4 is 14.9 Å². The number of hydrogen-bond acceptors (Lipinski definition) is 7. The molecule has 0 spiro atoms. The topological polar surface area (TPSA) is 109 Å². The lowest BCUT2D eigenvalue weighted by Crippen LogP contribution is -2.42. The van der Waals surface area contributed by atoms with Crippen LogP contribution in [0, 0.1) is 5.92 Å². The Kier molecular flexibility index (Phi) is 5.62. The molecule has 0 amide bonds. The molecule has 0 bridgehead atoms. The number of phenolic OH excluding ortho intramolecular Hbond substituents is 2. The largest absolute Gasteiger partial charge is 0.508 e. The Bertz CT molecular complexity index is 1310. The van der Waals surface area contributed by atoms with Gasteiger partial charge in [0.25, 0.3) is 0 Å². The smallest absolute Gasteiger partial charge is 0.200 e. The molecule has 0 saturated carbocycles. The first kappa shape index (κ1) is 22.7. The molecule has 0 aliphatic carbocycles. The number of hydrogen-bond donors (Lipinski definition) is 3. The van der Waals surface area contributed by atoms with Crippen LogP contribution in [0.3, 0.4) is 0 Å². The summed E-state index contributed by atoms with van der Waals surface area (Å²) < 4.78 is 17.6. The Hall–Kier alpha value is -3.45. The van der Waals surface area contributed by atoms with Crippen molar-refractivity contribution in [1.82, 2.24) is 0 Å². The van der Waals surface area contributed by atoms with E-state index in [0.29, 0.717) is 16.9 Å². The van der Waals surface area contributed by atoms with Crippen LogP contribution in [0.2, 0.25) is 0 Å². The number of ether oxygens (including phenoxy) is 2. The fraction of sp³-hybridized carbons (Fsp3) is 0.346. The van der Waals surface area contributed by atoms with E-state index in [-0.39, 0.29) is 51.9 Å². The third-order valence-electron chi connectivity index (χ3n) is 5.78. The van der Waals surface area contributed by atoms with Crippen molar-refractivity contribution in [2.75, 3.05) is 7.11 Å². The summed E-state index contributed by atoms with van der Waals surface area (Å²) in [6.07, 6.45) is 2.88. The average Bonchev–Trinajstić information content (AvgIpc) is 2.89. The summed E-state index contributed by atoms with van der Waals surface area (Å²) in [6, 6.07) is 6.07. The quantitative estimate of drug-likeness (QED) is 0.530. The van der Waals surface area contributed by atoms with Crippen molar-refractivity contribution in [2.24, 2.45) is 5.92 Å². The third-order valence-corrected chi connectivity index (χ3v) is 5.78. The number of aliphatic hydroxyl groups is 1. The molecule has 7 heteroatoms. The molecule has 1 aliphatic rings. The van der Waals surface area contributed by atoms with E-state index < -0.39 is 17.1 Å². The second-order valence-electron chi connectivity index (χ2n) is 9.20. The first-order chi connectivity index (χ1) is 15.5. The lowest BCUT2D eigenvalue weighted by atomic mass is 9.93. The van der Waals surface area contributed by atoms with Crippen molar-refractivity contribution < 1.29 is 29.2 Å². The molecule has 2 heterocycles. The highest BCUT2D eigenvalue weighted by Gasteiger charge is 2.36. The summed E-state index contributed by atoms with van der Waals surface area (Å²) in [5, 5.41) is 31.8. The minimum Gasteiger partial charge on any atom is -0.508 e. The summed E-state index contributed by atoms with van der Waals surface area (Å²) in [5.41, 5.74) is -0.409. The van der Waals surface area contributed by atoms with Gasteiger partial charge in [0.1, 0.15) is 45.8 Å². The molecule has 0 radical (unpaired) electrons. The van der Waals surface area contributed by atoms with Crippen LogP contribution in [-0.2, 0) is 6.42 Å². The summed E-state index contributed by atoms with van der Waals surface area (Å²) in [4.78, 5) is 13.7. The van der Waals surface area contributed by atoms with E-state index in [9.17, 15) is 20.1 Å². The van der Waals surface area contributed by atoms with Crippen LogP contribution in [-0.4, -0.2) is 34.1 Å². The number of allylic oxidation sites excluding steroid dienone is 1. The molecule has 4 rings (SSSR count). The normalized spacial score (nSPS) is 15.9. The lowest BCUT2D eigenvalue weighted by molar-refractivity contribution is -0.0322. The lowest BCUT2D eigenvalue weighted by Gasteiger charge is -2.28.